The van der Waals surface area contributed by atoms with E-state index in [9.17, 15) is 14.0 Å². The minimum atomic E-state index is -0.701. The smallest absolute Gasteiger partial charge is 0.311 e. The Morgan fingerprint density at radius 2 is 1.96 bits per heavy atom. The van der Waals surface area contributed by atoms with E-state index >= 15 is 0 Å². The van der Waals surface area contributed by atoms with Crippen LogP contribution in [0.4, 0.5) is 20.6 Å². The lowest BCUT2D eigenvalue weighted by Gasteiger charge is -2.39. The Morgan fingerprint density at radius 1 is 1.20 bits per heavy atom. The number of anilines is 2. The number of rotatable bonds is 2. The Balaban J connectivity index is 1.73. The van der Waals surface area contributed by atoms with Gasteiger partial charge >= 0.3 is 6.03 Å². The lowest BCUT2D eigenvalue weighted by Crippen LogP contribution is -2.58. The zero-order valence-corrected chi connectivity index (χ0v) is 14.3. The van der Waals surface area contributed by atoms with Gasteiger partial charge in [-0.3, -0.25) is 4.79 Å². The third-order valence-corrected chi connectivity index (χ3v) is 4.37. The Bertz CT molecular complexity index is 814. The van der Waals surface area contributed by atoms with Gasteiger partial charge in [-0.1, -0.05) is 29.8 Å². The minimum Gasteiger partial charge on any atom is -0.311 e. The predicted molar refractivity (Wildman–Crippen MR) is 95.4 cm³/mol. The van der Waals surface area contributed by atoms with Gasteiger partial charge < -0.3 is 15.1 Å². The van der Waals surface area contributed by atoms with Crippen LogP contribution in [-0.4, -0.2) is 36.0 Å². The maximum atomic E-state index is 14.0. The van der Waals surface area contributed by atoms with E-state index < -0.39 is 17.9 Å². The monoisotopic (exact) mass is 361 g/mol. The van der Waals surface area contributed by atoms with Gasteiger partial charge in [0.2, 0.25) is 5.91 Å². The average molecular weight is 362 g/mol. The molecule has 1 aliphatic rings. The van der Waals surface area contributed by atoms with Gasteiger partial charge in [0.05, 0.1) is 5.69 Å². The summed E-state index contributed by atoms with van der Waals surface area (Å²) in [7, 11) is 0. The second-order valence-corrected chi connectivity index (χ2v) is 6.19. The van der Waals surface area contributed by atoms with Crippen molar-refractivity contribution in [3.05, 3.63) is 59.4 Å². The molecule has 3 amide bonds. The van der Waals surface area contributed by atoms with Crippen LogP contribution < -0.4 is 10.2 Å². The molecule has 0 saturated carbocycles. The first-order chi connectivity index (χ1) is 12.0. The number of urea groups is 1. The fraction of sp³-hybridized carbons (Fsp3) is 0.222. The first kappa shape index (κ1) is 17.2. The van der Waals surface area contributed by atoms with Crippen molar-refractivity contribution in [2.24, 2.45) is 0 Å². The van der Waals surface area contributed by atoms with Crippen molar-refractivity contribution in [3.8, 4) is 0 Å². The van der Waals surface area contributed by atoms with Gasteiger partial charge in [0.15, 0.2) is 0 Å². The number of hydrogen-bond donors (Lipinski definition) is 1. The number of carbonyl (C=O) groups is 2. The summed E-state index contributed by atoms with van der Waals surface area (Å²) < 4.78 is 14.0. The fourth-order valence-corrected chi connectivity index (χ4v) is 3.01. The van der Waals surface area contributed by atoms with E-state index in [2.05, 4.69) is 5.32 Å². The van der Waals surface area contributed by atoms with Crippen molar-refractivity contribution in [3.63, 3.8) is 0 Å². The van der Waals surface area contributed by atoms with Crippen molar-refractivity contribution in [2.75, 3.05) is 23.3 Å². The first-order valence-corrected chi connectivity index (χ1v) is 8.24. The Kier molecular flexibility index (Phi) is 4.90. The van der Waals surface area contributed by atoms with Gasteiger partial charge in [0.1, 0.15) is 11.9 Å². The largest absolute Gasteiger partial charge is 0.322 e. The van der Waals surface area contributed by atoms with Crippen LogP contribution in [0.5, 0.6) is 0 Å². The second-order valence-electron chi connectivity index (χ2n) is 5.75. The molecular formula is C18H17ClFN3O2. The molecule has 7 heteroatoms. The summed E-state index contributed by atoms with van der Waals surface area (Å²) in [4.78, 5) is 27.9. The molecule has 2 aromatic carbocycles. The van der Waals surface area contributed by atoms with E-state index in [4.69, 9.17) is 11.6 Å². The van der Waals surface area contributed by atoms with E-state index in [1.807, 2.05) is 0 Å². The summed E-state index contributed by atoms with van der Waals surface area (Å²) >= 11 is 5.91. The zero-order valence-electron chi connectivity index (χ0n) is 13.6. The first-order valence-electron chi connectivity index (χ1n) is 7.86. The van der Waals surface area contributed by atoms with Gasteiger partial charge in [-0.05, 0) is 37.3 Å². The van der Waals surface area contributed by atoms with Gasteiger partial charge in [-0.25, -0.2) is 9.18 Å². The lowest BCUT2D eigenvalue weighted by atomic mass is 10.1. The molecule has 1 atom stereocenters. The van der Waals surface area contributed by atoms with Crippen LogP contribution in [0.15, 0.2) is 48.5 Å². The molecule has 130 valence electrons. The highest BCUT2D eigenvalue weighted by atomic mass is 35.5. The van der Waals surface area contributed by atoms with Crippen LogP contribution in [0.3, 0.4) is 0 Å². The minimum absolute atomic E-state index is 0.229. The van der Waals surface area contributed by atoms with Crippen molar-refractivity contribution in [1.82, 2.24) is 4.90 Å². The van der Waals surface area contributed by atoms with E-state index in [1.165, 1.54) is 15.9 Å². The SMILES string of the molecule is C[C@@H]1C(=O)N(c2ccccc2F)CCN1C(=O)Nc1cccc(Cl)c1. The summed E-state index contributed by atoms with van der Waals surface area (Å²) in [5.74, 6) is -0.780. The molecule has 0 spiro atoms. The number of halogens is 2. The predicted octanol–water partition coefficient (Wildman–Crippen LogP) is 3.75. The number of nitrogens with one attached hydrogen (secondary N) is 1. The standard InChI is InChI=1S/C18H17ClFN3O2/c1-12-17(24)23(16-8-3-2-7-15(16)20)10-9-22(12)18(25)21-14-6-4-5-13(19)11-14/h2-8,11-12H,9-10H2,1H3,(H,21,25)/t12-/m1/s1. The van der Waals surface area contributed by atoms with Crippen LogP contribution in [-0.2, 0) is 4.79 Å². The van der Waals surface area contributed by atoms with Crippen LogP contribution in [0, 0.1) is 5.82 Å². The quantitative estimate of drug-likeness (QED) is 0.885. The zero-order chi connectivity index (χ0) is 18.0. The molecule has 5 nitrogen and oxygen atoms in total. The number of nitrogens with zero attached hydrogens (tertiary/aromatic N) is 2. The van der Waals surface area contributed by atoms with E-state index in [-0.39, 0.29) is 18.1 Å². The van der Waals surface area contributed by atoms with Crippen molar-refractivity contribution in [1.29, 1.82) is 0 Å². The molecule has 0 unspecified atom stereocenters. The molecule has 0 bridgehead atoms. The molecule has 3 rings (SSSR count). The summed E-state index contributed by atoms with van der Waals surface area (Å²) in [5, 5.41) is 3.23. The van der Waals surface area contributed by atoms with Crippen LogP contribution in [0.1, 0.15) is 6.92 Å². The molecule has 1 N–H and O–H groups in total. The van der Waals surface area contributed by atoms with Gasteiger partial charge in [-0.2, -0.15) is 0 Å². The summed E-state index contributed by atoms with van der Waals surface area (Å²) in [6.45, 7) is 2.16. The Labute approximate surface area is 150 Å². The highest BCUT2D eigenvalue weighted by molar-refractivity contribution is 6.30. The molecule has 25 heavy (non-hydrogen) atoms. The number of piperazine rings is 1. The van der Waals surface area contributed by atoms with E-state index in [0.29, 0.717) is 17.3 Å². The molecule has 0 aliphatic carbocycles. The molecule has 1 aliphatic heterocycles. The van der Waals surface area contributed by atoms with Crippen LogP contribution in [0.2, 0.25) is 5.02 Å². The number of amides is 3. The van der Waals surface area contributed by atoms with Crippen molar-refractivity contribution in [2.45, 2.75) is 13.0 Å². The Morgan fingerprint density at radius 3 is 2.68 bits per heavy atom. The van der Waals surface area contributed by atoms with E-state index in [1.54, 1.807) is 49.4 Å². The topological polar surface area (TPSA) is 52.7 Å². The van der Waals surface area contributed by atoms with Gasteiger partial charge in [-0.15, -0.1) is 0 Å². The molecule has 1 saturated heterocycles. The summed E-state index contributed by atoms with van der Waals surface area (Å²) in [6, 6.07) is 11.8. The van der Waals surface area contributed by atoms with Crippen molar-refractivity contribution >= 4 is 34.9 Å². The highest BCUT2D eigenvalue weighted by Gasteiger charge is 2.35. The fourth-order valence-electron chi connectivity index (χ4n) is 2.82. The molecular weight excluding hydrogens is 345 g/mol. The second kappa shape index (κ2) is 7.11. The van der Waals surface area contributed by atoms with Crippen molar-refractivity contribution < 1.29 is 14.0 Å². The summed E-state index contributed by atoms with van der Waals surface area (Å²) in [5.41, 5.74) is 0.780. The molecule has 0 radical (unpaired) electrons. The normalized spacial score (nSPS) is 17.6. The number of benzene rings is 2. The lowest BCUT2D eigenvalue weighted by molar-refractivity contribution is -0.123. The molecule has 0 aromatic heterocycles. The summed E-state index contributed by atoms with van der Waals surface area (Å²) in [6.07, 6.45) is 0. The maximum Gasteiger partial charge on any atom is 0.322 e. The van der Waals surface area contributed by atoms with Gasteiger partial charge in [0, 0.05) is 23.8 Å². The van der Waals surface area contributed by atoms with Gasteiger partial charge in [0.25, 0.3) is 0 Å². The Hall–Kier alpha value is -2.60. The maximum absolute atomic E-state index is 14.0. The third kappa shape index (κ3) is 3.58. The number of carbonyl (C=O) groups excluding carboxylic acids is 2. The highest BCUT2D eigenvalue weighted by Crippen LogP contribution is 2.24. The third-order valence-electron chi connectivity index (χ3n) is 4.14. The molecule has 1 fully saturated rings. The molecule has 1 heterocycles. The van der Waals surface area contributed by atoms with Crippen LogP contribution in [0.25, 0.3) is 0 Å². The van der Waals surface area contributed by atoms with Crippen LogP contribution >= 0.6 is 11.6 Å². The molecule has 2 aromatic rings. The average Bonchev–Trinajstić information content (AvgIpc) is 2.58. The van der Waals surface area contributed by atoms with E-state index in [0.717, 1.165) is 0 Å². The number of hydrogen-bond acceptors (Lipinski definition) is 2. The number of para-hydroxylation sites is 1.